The molecule has 17 heavy (non-hydrogen) atoms. The number of nitrogens with one attached hydrogen (secondary N) is 1. The van der Waals surface area contributed by atoms with Gasteiger partial charge in [-0.15, -0.1) is 0 Å². The molecule has 0 saturated carbocycles. The molecular weight excluding hydrogens is 244 g/mol. The van der Waals surface area contributed by atoms with Crippen LogP contribution in [0.3, 0.4) is 0 Å². The summed E-state index contributed by atoms with van der Waals surface area (Å²) < 4.78 is 26.5. The summed E-state index contributed by atoms with van der Waals surface area (Å²) >= 11 is 0. The Bertz CT molecular complexity index is 380. The molecule has 0 aromatic heterocycles. The Labute approximate surface area is 102 Å². The summed E-state index contributed by atoms with van der Waals surface area (Å²) in [5, 5.41) is 3.14. The van der Waals surface area contributed by atoms with Gasteiger partial charge in [-0.25, -0.2) is 4.79 Å². The van der Waals surface area contributed by atoms with E-state index in [9.17, 15) is 13.2 Å². The first-order valence-corrected chi connectivity index (χ1v) is 7.36. The van der Waals surface area contributed by atoms with E-state index < -0.39 is 21.8 Å². The molecule has 0 spiro atoms. The fourth-order valence-electron chi connectivity index (χ4n) is 2.00. The van der Waals surface area contributed by atoms with Crippen LogP contribution < -0.4 is 5.32 Å². The van der Waals surface area contributed by atoms with E-state index in [0.717, 1.165) is 19.2 Å². The van der Waals surface area contributed by atoms with E-state index in [1.807, 2.05) is 20.8 Å². The van der Waals surface area contributed by atoms with Gasteiger partial charge in [-0.2, -0.15) is 8.42 Å². The zero-order valence-corrected chi connectivity index (χ0v) is 11.5. The molecule has 1 aliphatic rings. The summed E-state index contributed by atoms with van der Waals surface area (Å²) in [6.07, 6.45) is 0.878. The topological polar surface area (TPSA) is 75.7 Å². The molecule has 1 rings (SSSR count). The Morgan fingerprint density at radius 1 is 1.41 bits per heavy atom. The molecule has 0 aromatic rings. The molecule has 6 nitrogen and oxygen atoms in total. The van der Waals surface area contributed by atoms with Crippen LogP contribution in [0.25, 0.3) is 0 Å². The summed E-state index contributed by atoms with van der Waals surface area (Å²) in [4.78, 5) is 13.4. The number of carbonyl (C=O) groups excluding carboxylic acids is 1. The van der Waals surface area contributed by atoms with E-state index in [4.69, 9.17) is 0 Å². The Kier molecular flexibility index (Phi) is 4.03. The quantitative estimate of drug-likeness (QED) is 0.737. The normalized spacial score (nSPS) is 21.3. The van der Waals surface area contributed by atoms with Crippen molar-refractivity contribution in [2.24, 2.45) is 0 Å². The highest BCUT2D eigenvalue weighted by atomic mass is 32.2. The maximum Gasteiger partial charge on any atom is 0.426 e. The first kappa shape index (κ1) is 14.2. The fraction of sp³-hybridized carbons (Fsp3) is 0.900. The molecule has 7 heteroatoms. The van der Waals surface area contributed by atoms with Gasteiger partial charge in [0.15, 0.2) is 0 Å². The monoisotopic (exact) mass is 264 g/mol. The highest BCUT2D eigenvalue weighted by Gasteiger charge is 2.37. The van der Waals surface area contributed by atoms with Crippen LogP contribution in [-0.2, 0) is 14.3 Å². The molecule has 0 aromatic carbocycles. The Morgan fingerprint density at radius 3 is 2.35 bits per heavy atom. The van der Waals surface area contributed by atoms with E-state index in [0.29, 0.717) is 6.54 Å². The molecule has 1 fully saturated rings. The SMILES string of the molecule is CC(C)(C)N(C(=O)OS(C)(=O)=O)[C@@H]1CCNC1. The van der Waals surface area contributed by atoms with Crippen LogP contribution in [0.2, 0.25) is 0 Å². The van der Waals surface area contributed by atoms with Gasteiger partial charge in [0, 0.05) is 18.1 Å². The van der Waals surface area contributed by atoms with Crippen molar-refractivity contribution in [3.63, 3.8) is 0 Å². The third kappa shape index (κ3) is 4.16. The van der Waals surface area contributed by atoms with Crippen molar-refractivity contribution in [2.75, 3.05) is 19.3 Å². The minimum absolute atomic E-state index is 0.0238. The zero-order valence-electron chi connectivity index (χ0n) is 10.7. The van der Waals surface area contributed by atoms with Gasteiger partial charge in [0.05, 0.1) is 6.26 Å². The molecule has 1 aliphatic heterocycles. The smallest absolute Gasteiger partial charge is 0.328 e. The molecule has 1 saturated heterocycles. The molecule has 1 atom stereocenters. The lowest BCUT2D eigenvalue weighted by atomic mass is 10.0. The molecule has 0 unspecified atom stereocenters. The second kappa shape index (κ2) is 4.81. The predicted octanol–water partition coefficient (Wildman–Crippen LogP) is 0.545. The Hall–Kier alpha value is -0.820. The van der Waals surface area contributed by atoms with Crippen LogP contribution in [0.4, 0.5) is 4.79 Å². The van der Waals surface area contributed by atoms with Gasteiger partial charge in [0.25, 0.3) is 0 Å². The van der Waals surface area contributed by atoms with Gasteiger partial charge < -0.3 is 9.50 Å². The molecule has 0 aliphatic carbocycles. The van der Waals surface area contributed by atoms with Crippen molar-refractivity contribution in [3.05, 3.63) is 0 Å². The van der Waals surface area contributed by atoms with Gasteiger partial charge in [-0.1, -0.05) is 0 Å². The van der Waals surface area contributed by atoms with E-state index in [1.165, 1.54) is 4.90 Å². The largest absolute Gasteiger partial charge is 0.426 e. The third-order valence-electron chi connectivity index (χ3n) is 2.54. The lowest BCUT2D eigenvalue weighted by Gasteiger charge is -2.38. The van der Waals surface area contributed by atoms with E-state index >= 15 is 0 Å². The van der Waals surface area contributed by atoms with Crippen LogP contribution in [-0.4, -0.2) is 50.3 Å². The maximum absolute atomic E-state index is 11.9. The molecule has 1 heterocycles. The molecule has 1 amide bonds. The zero-order chi connectivity index (χ0) is 13.3. The van der Waals surface area contributed by atoms with Crippen LogP contribution in [0.5, 0.6) is 0 Å². The van der Waals surface area contributed by atoms with Crippen molar-refractivity contribution in [3.8, 4) is 0 Å². The van der Waals surface area contributed by atoms with E-state index in [-0.39, 0.29) is 6.04 Å². The highest BCUT2D eigenvalue weighted by Crippen LogP contribution is 2.22. The van der Waals surface area contributed by atoms with Crippen LogP contribution in [0.15, 0.2) is 0 Å². The number of rotatable bonds is 2. The number of hydrogen-bond donors (Lipinski definition) is 1. The summed E-state index contributed by atoms with van der Waals surface area (Å²) in [7, 11) is -3.77. The maximum atomic E-state index is 11.9. The van der Waals surface area contributed by atoms with Gasteiger partial charge in [0.2, 0.25) is 0 Å². The van der Waals surface area contributed by atoms with Gasteiger partial charge in [-0.05, 0) is 33.7 Å². The number of carbonyl (C=O) groups is 1. The summed E-state index contributed by atoms with van der Waals surface area (Å²) in [5.74, 6) is 0. The second-order valence-corrected chi connectivity index (χ2v) is 6.82. The Balaban J connectivity index is 2.87. The van der Waals surface area contributed by atoms with Crippen molar-refractivity contribution < 1.29 is 17.4 Å². The van der Waals surface area contributed by atoms with Crippen LogP contribution in [0, 0.1) is 0 Å². The molecule has 100 valence electrons. The average Bonchev–Trinajstić information content (AvgIpc) is 2.49. The van der Waals surface area contributed by atoms with Gasteiger partial charge >= 0.3 is 16.2 Å². The van der Waals surface area contributed by atoms with Crippen LogP contribution in [0.1, 0.15) is 27.2 Å². The first-order chi connectivity index (χ1) is 7.61. The van der Waals surface area contributed by atoms with E-state index in [2.05, 4.69) is 9.50 Å². The number of nitrogens with zero attached hydrogens (tertiary/aromatic N) is 1. The predicted molar refractivity (Wildman–Crippen MR) is 64.2 cm³/mol. The minimum Gasteiger partial charge on any atom is -0.328 e. The average molecular weight is 264 g/mol. The highest BCUT2D eigenvalue weighted by molar-refractivity contribution is 7.86. The van der Waals surface area contributed by atoms with Crippen molar-refractivity contribution in [1.82, 2.24) is 10.2 Å². The lowest BCUT2D eigenvalue weighted by Crippen LogP contribution is -2.53. The molecule has 0 radical (unpaired) electrons. The second-order valence-electron chi connectivity index (χ2n) is 5.24. The number of hydrogen-bond acceptors (Lipinski definition) is 5. The molecular formula is C10H20N2O4S. The summed E-state index contributed by atoms with van der Waals surface area (Å²) in [6, 6.07) is -0.0238. The van der Waals surface area contributed by atoms with Gasteiger partial charge in [0.1, 0.15) is 0 Å². The van der Waals surface area contributed by atoms with Gasteiger partial charge in [-0.3, -0.25) is 4.90 Å². The van der Waals surface area contributed by atoms with Crippen molar-refractivity contribution in [1.29, 1.82) is 0 Å². The molecule has 0 bridgehead atoms. The fourth-order valence-corrected chi connectivity index (χ4v) is 2.34. The summed E-state index contributed by atoms with van der Waals surface area (Å²) in [5.41, 5.74) is -0.474. The first-order valence-electron chi connectivity index (χ1n) is 5.55. The third-order valence-corrected chi connectivity index (χ3v) is 2.99. The van der Waals surface area contributed by atoms with Crippen molar-refractivity contribution >= 4 is 16.2 Å². The summed E-state index contributed by atoms with van der Waals surface area (Å²) in [6.45, 7) is 7.05. The van der Waals surface area contributed by atoms with Crippen LogP contribution >= 0.6 is 0 Å². The lowest BCUT2D eigenvalue weighted by molar-refractivity contribution is 0.0834. The minimum atomic E-state index is -3.77. The Morgan fingerprint density at radius 2 is 2.00 bits per heavy atom. The number of amides is 1. The standard InChI is InChI=1S/C10H20N2O4S/c1-10(2,3)12(8-5-6-11-7-8)9(13)16-17(4,14)15/h8,11H,5-7H2,1-4H3/t8-/m1/s1. The molecule has 1 N–H and O–H groups in total. The van der Waals surface area contributed by atoms with E-state index in [1.54, 1.807) is 0 Å². The van der Waals surface area contributed by atoms with Crippen molar-refractivity contribution in [2.45, 2.75) is 38.8 Å².